The number of aliphatic imine (C=N–C) groups is 1. The number of aromatic nitrogens is 2. The fourth-order valence-electron chi connectivity index (χ4n) is 1.52. The van der Waals surface area contributed by atoms with Crippen LogP contribution in [0.1, 0.15) is 5.69 Å². The van der Waals surface area contributed by atoms with E-state index in [1.54, 1.807) is 7.11 Å². The van der Waals surface area contributed by atoms with E-state index < -0.39 is 0 Å². The molecule has 4 nitrogen and oxygen atoms in total. The van der Waals surface area contributed by atoms with Gasteiger partial charge < -0.3 is 0 Å². The Morgan fingerprint density at radius 3 is 2.81 bits per heavy atom. The normalized spacial score (nSPS) is 10.5. The van der Waals surface area contributed by atoms with Crippen molar-refractivity contribution in [3.05, 3.63) is 24.2 Å². The third-order valence-electron chi connectivity index (χ3n) is 2.08. The van der Waals surface area contributed by atoms with Gasteiger partial charge in [-0.25, -0.2) is 0 Å². The second-order valence-corrected chi connectivity index (χ2v) is 14.6. The van der Waals surface area contributed by atoms with Gasteiger partial charge >= 0.3 is 127 Å². The van der Waals surface area contributed by atoms with Gasteiger partial charge in [0.1, 0.15) is 0 Å². The molecule has 0 atom stereocenters. The van der Waals surface area contributed by atoms with Crippen molar-refractivity contribution in [2.45, 2.75) is 6.92 Å². The molecule has 2 aromatic rings. The molecule has 2 rings (SSSR count). The predicted octanol–water partition coefficient (Wildman–Crippen LogP) is 0.976. The fourth-order valence-corrected chi connectivity index (χ4v) is 2.52. The van der Waals surface area contributed by atoms with Crippen LogP contribution >= 0.6 is 0 Å². The van der Waals surface area contributed by atoms with E-state index in [9.17, 15) is 0 Å². The van der Waals surface area contributed by atoms with Gasteiger partial charge in [0.25, 0.3) is 0 Å². The van der Waals surface area contributed by atoms with Crippen LogP contribution in [0, 0.1) is 6.92 Å². The first kappa shape index (κ1) is 12.5. The van der Waals surface area contributed by atoms with Crippen LogP contribution in [0.4, 0.5) is 5.69 Å². The molecule has 2 heterocycles. The van der Waals surface area contributed by atoms with E-state index in [1.807, 2.05) is 29.8 Å². The molecular formula is C10H9N3OPb2. The number of hydrogen-bond donors (Lipinski definition) is 0. The monoisotopic (exact) mass is 603 g/mol. The van der Waals surface area contributed by atoms with Crippen LogP contribution < -0.4 is 4.74 Å². The molecule has 78 valence electrons. The molecule has 0 N–H and O–H groups in total. The van der Waals surface area contributed by atoms with E-state index in [0.717, 1.165) is 74.3 Å². The summed E-state index contributed by atoms with van der Waals surface area (Å²) < 4.78 is 8.59. The Morgan fingerprint density at radius 1 is 1.44 bits per heavy atom. The Balaban J connectivity index is 2.67. The molecule has 0 saturated heterocycles. The number of rotatable bonds is 2. The van der Waals surface area contributed by atoms with Gasteiger partial charge in [-0.2, -0.15) is 0 Å². The van der Waals surface area contributed by atoms with Gasteiger partial charge in [-0.05, 0) is 0 Å². The van der Waals surface area contributed by atoms with E-state index in [1.165, 1.54) is 0.830 Å². The summed E-state index contributed by atoms with van der Waals surface area (Å²) in [6.45, 7) is 1.97. The van der Waals surface area contributed by atoms with E-state index >= 15 is 0 Å². The molecule has 0 fully saturated rings. The molecule has 0 aliphatic heterocycles. The van der Waals surface area contributed by atoms with Gasteiger partial charge in [-0.15, -0.1) is 0 Å². The zero-order valence-corrected chi connectivity index (χ0v) is 16.8. The van der Waals surface area contributed by atoms with Crippen LogP contribution in [0.25, 0.3) is 5.65 Å². The van der Waals surface area contributed by atoms with Gasteiger partial charge in [0.2, 0.25) is 0 Å². The van der Waals surface area contributed by atoms with Gasteiger partial charge in [0.05, 0.1) is 0 Å². The van der Waals surface area contributed by atoms with Crippen LogP contribution in [-0.4, -0.2) is 68.9 Å². The zero-order chi connectivity index (χ0) is 11.7. The summed E-state index contributed by atoms with van der Waals surface area (Å²) in [6, 6.07) is 1.94. The molecule has 6 radical (unpaired) electrons. The van der Waals surface area contributed by atoms with Crippen LogP contribution in [0.15, 0.2) is 23.5 Å². The summed E-state index contributed by atoms with van der Waals surface area (Å²) in [6.07, 6.45) is 3.98. The topological polar surface area (TPSA) is 38.9 Å². The predicted molar refractivity (Wildman–Crippen MR) is 65.1 cm³/mol. The second kappa shape index (κ2) is 5.11. The number of methoxy groups -OCH3 is 1. The summed E-state index contributed by atoms with van der Waals surface area (Å²) in [7, 11) is 1.66. The van der Waals surface area contributed by atoms with E-state index in [-0.39, 0.29) is 0 Å². The summed E-state index contributed by atoms with van der Waals surface area (Å²) in [5, 5.41) is 0. The minimum atomic E-state index is 0.777. The molecule has 0 spiro atoms. The van der Waals surface area contributed by atoms with Gasteiger partial charge in [0.15, 0.2) is 0 Å². The van der Waals surface area contributed by atoms with Crippen LogP contribution in [-0.2, 0) is 0 Å². The zero-order valence-electron chi connectivity index (χ0n) is 8.98. The van der Waals surface area contributed by atoms with E-state index in [4.69, 9.17) is 4.74 Å². The van der Waals surface area contributed by atoms with E-state index in [0.29, 0.717) is 0 Å². The number of hydrogen-bond acceptors (Lipinski definition) is 3. The molecule has 0 amide bonds. The molecule has 2 aromatic heterocycles. The van der Waals surface area contributed by atoms with Gasteiger partial charge in [-0.3, -0.25) is 0 Å². The van der Waals surface area contributed by atoms with Gasteiger partial charge in [0, 0.05) is 0 Å². The molecule has 0 saturated carbocycles. The summed E-state index contributed by atoms with van der Waals surface area (Å²) >= 11 is 2.07. The van der Waals surface area contributed by atoms with Crippen molar-refractivity contribution in [3.8, 4) is 5.75 Å². The Labute approximate surface area is 125 Å². The standard InChI is InChI=1S/C10H9N3O.2Pb/c1-7-5-13-6-8(11-2)4-9(14-3)10(13)12-7;;/h4-6H,1,3H3;;. The van der Waals surface area contributed by atoms with Crippen molar-refractivity contribution < 1.29 is 4.74 Å². The van der Waals surface area contributed by atoms with Crippen molar-refractivity contribution >= 4 is 63.7 Å². The number of aryl methyl sites for hydroxylation is 1. The van der Waals surface area contributed by atoms with Crippen molar-refractivity contribution in [1.82, 2.24) is 9.38 Å². The Bertz CT molecular complexity index is 558. The van der Waals surface area contributed by atoms with Crippen molar-refractivity contribution in [1.29, 1.82) is 0 Å². The number of imidazole rings is 1. The van der Waals surface area contributed by atoms with Crippen molar-refractivity contribution in [2.75, 3.05) is 7.11 Å². The van der Waals surface area contributed by atoms with Crippen molar-refractivity contribution in [2.24, 2.45) is 4.99 Å². The molecule has 0 aliphatic rings. The molecule has 6 heteroatoms. The van der Waals surface area contributed by atoms with Gasteiger partial charge in [-0.1, -0.05) is 0 Å². The van der Waals surface area contributed by atoms with Crippen LogP contribution in [0.5, 0.6) is 5.75 Å². The first-order chi connectivity index (χ1) is 7.60. The molecule has 0 unspecified atom stereocenters. The Kier molecular flexibility index (Phi) is 3.98. The fraction of sp³-hybridized carbons (Fsp3) is 0.200. The molecule has 0 bridgehead atoms. The Hall–Kier alpha value is 0.00416. The SMILES string of the molecule is COc1cc(N=[C]([Pb])[Pb])cn2cc(C)nc12. The number of pyridine rings is 1. The maximum absolute atomic E-state index is 5.33. The van der Waals surface area contributed by atoms with E-state index in [2.05, 4.69) is 9.98 Å². The summed E-state index contributed by atoms with van der Waals surface area (Å²) in [5.41, 5.74) is 2.78. The summed E-state index contributed by atoms with van der Waals surface area (Å²) in [4.78, 5) is 8.95. The van der Waals surface area contributed by atoms with Crippen LogP contribution in [0.2, 0.25) is 0 Å². The number of fused-ring (bicyclic) bond motifs is 1. The second-order valence-electron chi connectivity index (χ2n) is 3.34. The molecule has 0 aromatic carbocycles. The van der Waals surface area contributed by atoms with Crippen LogP contribution in [0.3, 0.4) is 0 Å². The summed E-state index contributed by atoms with van der Waals surface area (Å²) in [5.74, 6) is 0.777. The quantitative estimate of drug-likeness (QED) is 0.381. The van der Waals surface area contributed by atoms with Crippen molar-refractivity contribution in [3.63, 3.8) is 0 Å². The first-order valence-corrected chi connectivity index (χ1v) is 8.54. The average molecular weight is 602 g/mol. The minimum absolute atomic E-state index is 0.777. The third kappa shape index (κ3) is 2.63. The molecule has 16 heavy (non-hydrogen) atoms. The Morgan fingerprint density at radius 2 is 2.19 bits per heavy atom. The maximum atomic E-state index is 5.33. The number of nitrogens with zero attached hydrogens (tertiary/aromatic N) is 3. The third-order valence-corrected chi connectivity index (χ3v) is 2.95. The number of ether oxygens (including phenoxy) is 1. The molecule has 0 aliphatic carbocycles. The molecular weight excluding hydrogens is 593 g/mol. The first-order valence-electron chi connectivity index (χ1n) is 4.65. The average Bonchev–Trinajstić information content (AvgIpc) is 2.56.